The van der Waals surface area contributed by atoms with Crippen LogP contribution in [0.25, 0.3) is 0 Å². The van der Waals surface area contributed by atoms with E-state index in [2.05, 4.69) is 49.3 Å². The van der Waals surface area contributed by atoms with Crippen LogP contribution in [0.4, 0.5) is 11.4 Å². The van der Waals surface area contributed by atoms with Gasteiger partial charge in [-0.15, -0.1) is 11.8 Å². The number of rotatable bonds is 7. The molecule has 1 unspecified atom stereocenters. The zero-order chi connectivity index (χ0) is 23.5. The Labute approximate surface area is 192 Å². The Morgan fingerprint density at radius 2 is 2.06 bits per heavy atom. The summed E-state index contributed by atoms with van der Waals surface area (Å²) < 4.78 is 5.57. The highest BCUT2D eigenvalue weighted by molar-refractivity contribution is 8.00. The van der Waals surface area contributed by atoms with E-state index < -0.39 is 4.92 Å². The van der Waals surface area contributed by atoms with E-state index in [1.165, 1.54) is 29.5 Å². The molecule has 0 aromatic heterocycles. The third kappa shape index (κ3) is 5.21. The standard InChI is InChI=1S/C23H28N4O4S/c1-15-12-23(2,3)26(4)20-11-21(31-5)16(10-19(15)20)13-24-25-22(28)14-32-18-8-6-17(7-9-18)27(29)30/h6-11,13,15H,12,14H2,1-5H3,(H,25,28)/b24-13-. The predicted molar refractivity (Wildman–Crippen MR) is 128 cm³/mol. The number of fused-ring (bicyclic) bond motifs is 1. The first-order chi connectivity index (χ1) is 15.1. The van der Waals surface area contributed by atoms with Crippen LogP contribution < -0.4 is 15.1 Å². The first-order valence-corrected chi connectivity index (χ1v) is 11.3. The number of benzene rings is 2. The number of anilines is 1. The third-order valence-electron chi connectivity index (χ3n) is 5.80. The van der Waals surface area contributed by atoms with Crippen LogP contribution in [0.15, 0.2) is 46.4 Å². The number of nitrogens with zero attached hydrogens (tertiary/aromatic N) is 3. The molecule has 1 aliphatic heterocycles. The van der Waals surface area contributed by atoms with Gasteiger partial charge in [0, 0.05) is 46.9 Å². The Kier molecular flexibility index (Phi) is 7.08. The molecule has 0 aliphatic carbocycles. The van der Waals surface area contributed by atoms with Gasteiger partial charge in [0.25, 0.3) is 5.69 Å². The molecule has 8 nitrogen and oxygen atoms in total. The van der Waals surface area contributed by atoms with Gasteiger partial charge in [0.1, 0.15) is 5.75 Å². The van der Waals surface area contributed by atoms with Gasteiger partial charge >= 0.3 is 0 Å². The summed E-state index contributed by atoms with van der Waals surface area (Å²) in [5, 5.41) is 14.8. The molecule has 0 fully saturated rings. The lowest BCUT2D eigenvalue weighted by Gasteiger charge is -2.45. The number of nitro benzene ring substituents is 1. The molecule has 1 aliphatic rings. The minimum absolute atomic E-state index is 0.0199. The molecule has 0 saturated heterocycles. The largest absolute Gasteiger partial charge is 0.496 e. The third-order valence-corrected chi connectivity index (χ3v) is 6.81. The summed E-state index contributed by atoms with van der Waals surface area (Å²) in [5.41, 5.74) is 5.78. The lowest BCUT2D eigenvalue weighted by Crippen LogP contribution is -2.45. The number of non-ortho nitro benzene ring substituents is 1. The number of methoxy groups -OCH3 is 1. The van der Waals surface area contributed by atoms with Crippen molar-refractivity contribution in [2.75, 3.05) is 24.8 Å². The number of amides is 1. The van der Waals surface area contributed by atoms with Gasteiger partial charge in [0.05, 0.1) is 24.0 Å². The molecule has 0 spiro atoms. The molecule has 2 aromatic rings. The number of hydrogen-bond donors (Lipinski definition) is 1. The first-order valence-electron chi connectivity index (χ1n) is 10.3. The monoisotopic (exact) mass is 456 g/mol. The smallest absolute Gasteiger partial charge is 0.269 e. The quantitative estimate of drug-likeness (QED) is 0.284. The van der Waals surface area contributed by atoms with Crippen LogP contribution in [0.1, 0.15) is 44.2 Å². The van der Waals surface area contributed by atoms with Crippen LogP contribution in [0.5, 0.6) is 5.75 Å². The maximum absolute atomic E-state index is 12.1. The van der Waals surface area contributed by atoms with Crippen LogP contribution in [-0.4, -0.2) is 42.5 Å². The summed E-state index contributed by atoms with van der Waals surface area (Å²) >= 11 is 1.28. The molecular formula is C23H28N4O4S. The second kappa shape index (κ2) is 9.60. The Hall–Kier alpha value is -3.07. The lowest BCUT2D eigenvalue weighted by molar-refractivity contribution is -0.384. The summed E-state index contributed by atoms with van der Waals surface area (Å²) in [7, 11) is 3.72. The van der Waals surface area contributed by atoms with Gasteiger partial charge in [0.2, 0.25) is 5.91 Å². The molecule has 3 rings (SSSR count). The molecule has 32 heavy (non-hydrogen) atoms. The van der Waals surface area contributed by atoms with Crippen molar-refractivity contribution >= 4 is 35.3 Å². The maximum Gasteiger partial charge on any atom is 0.269 e. The Bertz CT molecular complexity index is 1040. The summed E-state index contributed by atoms with van der Waals surface area (Å²) in [6.07, 6.45) is 2.63. The second-order valence-electron chi connectivity index (χ2n) is 8.46. The van der Waals surface area contributed by atoms with Crippen LogP contribution in [0.2, 0.25) is 0 Å². The van der Waals surface area contributed by atoms with Crippen LogP contribution in [-0.2, 0) is 4.79 Å². The van der Waals surface area contributed by atoms with E-state index in [1.807, 2.05) is 6.07 Å². The number of hydrogen-bond acceptors (Lipinski definition) is 7. The van der Waals surface area contributed by atoms with Gasteiger partial charge in [-0.3, -0.25) is 14.9 Å². The number of thioether (sulfide) groups is 1. The van der Waals surface area contributed by atoms with Crippen LogP contribution >= 0.6 is 11.8 Å². The van der Waals surface area contributed by atoms with Gasteiger partial charge in [-0.1, -0.05) is 6.92 Å². The van der Waals surface area contributed by atoms with Gasteiger partial charge in [-0.2, -0.15) is 5.10 Å². The van der Waals surface area contributed by atoms with Crippen molar-refractivity contribution < 1.29 is 14.5 Å². The molecule has 1 heterocycles. The van der Waals surface area contributed by atoms with Crippen molar-refractivity contribution in [2.45, 2.75) is 43.5 Å². The van der Waals surface area contributed by atoms with E-state index in [1.54, 1.807) is 25.5 Å². The number of nitro groups is 1. The minimum atomic E-state index is -0.454. The van der Waals surface area contributed by atoms with E-state index in [0.717, 1.165) is 22.6 Å². The van der Waals surface area contributed by atoms with Gasteiger partial charge < -0.3 is 9.64 Å². The lowest BCUT2D eigenvalue weighted by atomic mass is 9.80. The fourth-order valence-electron chi connectivity index (χ4n) is 3.91. The zero-order valence-electron chi connectivity index (χ0n) is 18.9. The van der Waals surface area contributed by atoms with E-state index >= 15 is 0 Å². The topological polar surface area (TPSA) is 97.1 Å². The molecule has 0 radical (unpaired) electrons. The van der Waals surface area contributed by atoms with Gasteiger partial charge in [-0.25, -0.2) is 5.43 Å². The van der Waals surface area contributed by atoms with E-state index in [0.29, 0.717) is 11.7 Å². The molecule has 170 valence electrons. The van der Waals surface area contributed by atoms with E-state index in [9.17, 15) is 14.9 Å². The van der Waals surface area contributed by atoms with Gasteiger partial charge in [-0.05, 0) is 49.9 Å². The normalized spacial score (nSPS) is 17.2. The molecular weight excluding hydrogens is 428 g/mol. The van der Waals surface area contributed by atoms with Crippen molar-refractivity contribution in [1.82, 2.24) is 5.43 Å². The van der Waals surface area contributed by atoms with Crippen molar-refractivity contribution in [3.05, 3.63) is 57.6 Å². The first kappa shape index (κ1) is 23.6. The van der Waals surface area contributed by atoms with Crippen LogP contribution in [0.3, 0.4) is 0 Å². The van der Waals surface area contributed by atoms with E-state index in [4.69, 9.17) is 4.74 Å². The SMILES string of the molecule is COc1cc2c(cc1/C=N\NC(=O)CSc1ccc([N+](=O)[O-])cc1)C(C)CC(C)(C)N2C. The minimum Gasteiger partial charge on any atom is -0.496 e. The van der Waals surface area contributed by atoms with E-state index in [-0.39, 0.29) is 22.9 Å². The molecule has 9 heteroatoms. The number of hydrazone groups is 1. The Morgan fingerprint density at radius 3 is 2.69 bits per heavy atom. The Morgan fingerprint density at radius 1 is 1.38 bits per heavy atom. The second-order valence-corrected chi connectivity index (χ2v) is 9.51. The summed E-state index contributed by atoms with van der Waals surface area (Å²) in [5.74, 6) is 0.963. The summed E-state index contributed by atoms with van der Waals surface area (Å²) in [6, 6.07) is 10.2. The van der Waals surface area contributed by atoms with Crippen LogP contribution in [0, 0.1) is 10.1 Å². The highest BCUT2D eigenvalue weighted by atomic mass is 32.2. The van der Waals surface area contributed by atoms with Crippen molar-refractivity contribution in [3.63, 3.8) is 0 Å². The molecule has 0 bridgehead atoms. The highest BCUT2D eigenvalue weighted by Gasteiger charge is 2.34. The number of nitrogens with one attached hydrogen (secondary N) is 1. The predicted octanol–water partition coefficient (Wildman–Crippen LogP) is 4.57. The fraction of sp³-hybridized carbons (Fsp3) is 0.391. The number of carbonyl (C=O) groups excluding carboxylic acids is 1. The molecule has 1 N–H and O–H groups in total. The highest BCUT2D eigenvalue weighted by Crippen LogP contribution is 2.44. The molecule has 1 atom stereocenters. The molecule has 0 saturated carbocycles. The molecule has 2 aromatic carbocycles. The zero-order valence-corrected chi connectivity index (χ0v) is 19.7. The average molecular weight is 457 g/mol. The maximum atomic E-state index is 12.1. The van der Waals surface area contributed by atoms with Crippen molar-refractivity contribution in [1.29, 1.82) is 0 Å². The van der Waals surface area contributed by atoms with Crippen molar-refractivity contribution in [2.24, 2.45) is 5.10 Å². The summed E-state index contributed by atoms with van der Waals surface area (Å²) in [4.78, 5) is 25.4. The average Bonchev–Trinajstić information content (AvgIpc) is 2.76. The number of ether oxygens (including phenoxy) is 1. The molecule has 1 amide bonds. The Balaban J connectivity index is 1.65. The number of carbonyl (C=O) groups is 1. The van der Waals surface area contributed by atoms with Gasteiger partial charge in [0.15, 0.2) is 0 Å². The fourth-order valence-corrected chi connectivity index (χ4v) is 4.60. The summed E-state index contributed by atoms with van der Waals surface area (Å²) in [6.45, 7) is 6.69. The van der Waals surface area contributed by atoms with Crippen molar-refractivity contribution in [3.8, 4) is 5.75 Å².